The van der Waals surface area contributed by atoms with Gasteiger partial charge in [0, 0.05) is 16.2 Å². The van der Waals surface area contributed by atoms with Gasteiger partial charge in [0.05, 0.1) is 0 Å². The fourth-order valence-electron chi connectivity index (χ4n) is 0.859. The summed E-state index contributed by atoms with van der Waals surface area (Å²) in [5.41, 5.74) is 0. The molecule has 2 heteroatoms. The number of hydrogen-bond donors (Lipinski definition) is 0. The van der Waals surface area contributed by atoms with Gasteiger partial charge in [-0.2, -0.15) is 0 Å². The van der Waals surface area contributed by atoms with Gasteiger partial charge in [0.1, 0.15) is 0 Å². The summed E-state index contributed by atoms with van der Waals surface area (Å²) in [5, 5.41) is 4.32. The molecule has 1 aliphatic rings. The third-order valence-electron chi connectivity index (χ3n) is 1.30. The monoisotopic (exact) mass is 154 g/mol. The molecule has 46 valence electrons. The Morgan fingerprint density at radius 1 is 1.44 bits per heavy atom. The molecule has 2 rings (SSSR count). The number of rotatable bonds is 0. The van der Waals surface area contributed by atoms with Crippen molar-refractivity contribution in [2.45, 2.75) is 11.3 Å². The van der Waals surface area contributed by atoms with Gasteiger partial charge >= 0.3 is 0 Å². The van der Waals surface area contributed by atoms with Crippen molar-refractivity contribution in [3.8, 4) is 0 Å². The molecule has 0 atom stereocenters. The first-order valence-electron chi connectivity index (χ1n) is 2.85. The van der Waals surface area contributed by atoms with Crippen molar-refractivity contribution in [3.05, 3.63) is 27.8 Å². The lowest BCUT2D eigenvalue weighted by molar-refractivity contribution is 1.25. The molecule has 0 unspecified atom stereocenters. The van der Waals surface area contributed by atoms with Crippen LogP contribution in [-0.4, -0.2) is 0 Å². The average molecular weight is 154 g/mol. The number of hydrogen-bond acceptors (Lipinski definition) is 2. The maximum Gasteiger partial charge on any atom is 0.0258 e. The highest BCUT2D eigenvalue weighted by molar-refractivity contribution is 8.02. The molecule has 0 radical (unpaired) electrons. The largest absolute Gasteiger partial charge is 0.147 e. The van der Waals surface area contributed by atoms with Crippen LogP contribution < -0.4 is 0 Å². The zero-order valence-electron chi connectivity index (χ0n) is 4.83. The molecule has 1 aliphatic heterocycles. The normalized spacial score (nSPS) is 15.6. The molecule has 9 heavy (non-hydrogen) atoms. The van der Waals surface area contributed by atoms with Crippen LogP contribution in [0.15, 0.2) is 27.8 Å². The number of thiophene rings is 1. The second kappa shape index (κ2) is 2.20. The summed E-state index contributed by atoms with van der Waals surface area (Å²) in [7, 11) is 0. The van der Waals surface area contributed by atoms with Crippen LogP contribution in [-0.2, 0) is 6.42 Å². The van der Waals surface area contributed by atoms with Gasteiger partial charge in [0.2, 0.25) is 0 Å². The van der Waals surface area contributed by atoms with Gasteiger partial charge in [-0.15, -0.1) is 11.3 Å². The molecule has 0 aliphatic carbocycles. The molecule has 0 saturated carbocycles. The van der Waals surface area contributed by atoms with E-state index >= 15 is 0 Å². The summed E-state index contributed by atoms with van der Waals surface area (Å²) in [6.07, 6.45) is 3.35. The van der Waals surface area contributed by atoms with Crippen LogP contribution in [0.3, 0.4) is 0 Å². The van der Waals surface area contributed by atoms with Gasteiger partial charge in [-0.25, -0.2) is 0 Å². The van der Waals surface area contributed by atoms with Crippen LogP contribution >= 0.6 is 23.1 Å². The lowest BCUT2D eigenvalue weighted by Gasteiger charge is -2.00. The van der Waals surface area contributed by atoms with Gasteiger partial charge < -0.3 is 0 Å². The molecule has 2 heterocycles. The van der Waals surface area contributed by atoms with E-state index in [1.54, 1.807) is 0 Å². The Kier molecular flexibility index (Phi) is 1.36. The predicted molar refractivity (Wildman–Crippen MR) is 43.0 cm³/mol. The molecule has 0 N–H and O–H groups in total. The van der Waals surface area contributed by atoms with E-state index in [9.17, 15) is 0 Å². The van der Waals surface area contributed by atoms with Gasteiger partial charge in [0.15, 0.2) is 0 Å². The van der Waals surface area contributed by atoms with E-state index in [4.69, 9.17) is 0 Å². The summed E-state index contributed by atoms with van der Waals surface area (Å²) in [4.78, 5) is 2.96. The van der Waals surface area contributed by atoms with Crippen molar-refractivity contribution in [3.63, 3.8) is 0 Å². The molecule has 0 amide bonds. The number of fused-ring (bicyclic) bond motifs is 1. The molecule has 0 fully saturated rings. The topological polar surface area (TPSA) is 0 Å². The van der Waals surface area contributed by atoms with E-state index in [1.807, 2.05) is 23.1 Å². The fraction of sp³-hybridized carbons (Fsp3) is 0.143. The van der Waals surface area contributed by atoms with Crippen LogP contribution in [0.2, 0.25) is 0 Å². The highest BCUT2D eigenvalue weighted by atomic mass is 32.2. The van der Waals surface area contributed by atoms with E-state index in [0.717, 1.165) is 6.42 Å². The molecule has 1 aromatic heterocycles. The maximum atomic E-state index is 2.21. The van der Waals surface area contributed by atoms with E-state index in [0.29, 0.717) is 0 Å². The summed E-state index contributed by atoms with van der Waals surface area (Å²) in [5.74, 6) is 0. The van der Waals surface area contributed by atoms with Gasteiger partial charge in [-0.05, 0) is 16.9 Å². The Morgan fingerprint density at radius 3 is 3.33 bits per heavy atom. The van der Waals surface area contributed by atoms with E-state index in [-0.39, 0.29) is 0 Å². The smallest absolute Gasteiger partial charge is 0.0258 e. The predicted octanol–water partition coefficient (Wildman–Crippen LogP) is 2.91. The second-order valence-electron chi connectivity index (χ2n) is 1.90. The van der Waals surface area contributed by atoms with Crippen LogP contribution in [0.1, 0.15) is 4.88 Å². The minimum absolute atomic E-state index is 1.14. The Bertz CT molecular complexity index is 212. The highest BCUT2D eigenvalue weighted by Gasteiger charge is 2.04. The Hall–Kier alpha value is -0.210. The molecule has 0 saturated heterocycles. The zero-order chi connectivity index (χ0) is 6.10. The maximum absolute atomic E-state index is 2.21. The third-order valence-corrected chi connectivity index (χ3v) is 3.34. The Morgan fingerprint density at radius 2 is 2.44 bits per heavy atom. The zero-order valence-corrected chi connectivity index (χ0v) is 6.47. The lowest BCUT2D eigenvalue weighted by Crippen LogP contribution is -1.80. The third kappa shape index (κ3) is 0.926. The standard InChI is InChI=1S/C7H6S2/c1-2-6-7(8-4-1)3-5-9-6/h1,3-5H,2H2. The van der Waals surface area contributed by atoms with E-state index < -0.39 is 0 Å². The van der Waals surface area contributed by atoms with Gasteiger partial charge in [-0.3, -0.25) is 0 Å². The van der Waals surface area contributed by atoms with Crippen molar-refractivity contribution < 1.29 is 0 Å². The fourth-order valence-corrected chi connectivity index (χ4v) is 2.68. The lowest BCUT2D eigenvalue weighted by atomic mass is 10.3. The summed E-state index contributed by atoms with van der Waals surface area (Å²) >= 11 is 3.68. The van der Waals surface area contributed by atoms with Crippen molar-refractivity contribution in [2.24, 2.45) is 0 Å². The summed E-state index contributed by atoms with van der Waals surface area (Å²) < 4.78 is 0. The number of allylic oxidation sites excluding steroid dienone is 1. The molecular weight excluding hydrogens is 148 g/mol. The Labute approximate surface area is 62.6 Å². The highest BCUT2D eigenvalue weighted by Crippen LogP contribution is 2.32. The number of thioether (sulfide) groups is 1. The SMILES string of the molecule is C1=CSc2ccsc2C1. The molecule has 0 bridgehead atoms. The quantitative estimate of drug-likeness (QED) is 0.553. The summed E-state index contributed by atoms with van der Waals surface area (Å²) in [6, 6.07) is 2.19. The Balaban J connectivity index is 2.46. The molecule has 0 nitrogen and oxygen atoms in total. The molecule has 1 aromatic rings. The van der Waals surface area contributed by atoms with Crippen LogP contribution in [0.5, 0.6) is 0 Å². The minimum Gasteiger partial charge on any atom is -0.147 e. The van der Waals surface area contributed by atoms with E-state index in [2.05, 4.69) is 22.9 Å². The van der Waals surface area contributed by atoms with Crippen molar-refractivity contribution >= 4 is 23.1 Å². The first-order chi connectivity index (χ1) is 4.47. The van der Waals surface area contributed by atoms with E-state index in [1.165, 1.54) is 9.77 Å². The molecule has 0 aromatic carbocycles. The van der Waals surface area contributed by atoms with Gasteiger partial charge in [-0.1, -0.05) is 17.8 Å². The van der Waals surface area contributed by atoms with Crippen molar-refractivity contribution in [2.75, 3.05) is 0 Å². The van der Waals surface area contributed by atoms with Crippen LogP contribution in [0, 0.1) is 0 Å². The molecular formula is C7H6S2. The average Bonchev–Trinajstić information content (AvgIpc) is 2.33. The van der Waals surface area contributed by atoms with Crippen molar-refractivity contribution in [1.29, 1.82) is 0 Å². The minimum atomic E-state index is 1.14. The molecule has 0 spiro atoms. The first-order valence-corrected chi connectivity index (χ1v) is 4.61. The first kappa shape index (κ1) is 5.57. The van der Waals surface area contributed by atoms with Crippen LogP contribution in [0.25, 0.3) is 0 Å². The second-order valence-corrected chi connectivity index (χ2v) is 3.85. The summed E-state index contributed by atoms with van der Waals surface area (Å²) in [6.45, 7) is 0. The van der Waals surface area contributed by atoms with Crippen molar-refractivity contribution in [1.82, 2.24) is 0 Å². The van der Waals surface area contributed by atoms with Gasteiger partial charge in [0.25, 0.3) is 0 Å². The van der Waals surface area contributed by atoms with Crippen LogP contribution in [0.4, 0.5) is 0 Å².